The summed E-state index contributed by atoms with van der Waals surface area (Å²) in [7, 11) is -3.29. The minimum absolute atomic E-state index is 0.128. The molecule has 0 saturated carbocycles. The summed E-state index contributed by atoms with van der Waals surface area (Å²) in [6.45, 7) is 1.64. The minimum atomic E-state index is -3.29. The van der Waals surface area contributed by atoms with Crippen molar-refractivity contribution in [3.05, 3.63) is 41.2 Å². The highest BCUT2D eigenvalue weighted by atomic mass is 35.5. The van der Waals surface area contributed by atoms with Crippen LogP contribution in [0.4, 0.5) is 0 Å². The van der Waals surface area contributed by atoms with Crippen molar-refractivity contribution in [3.63, 3.8) is 0 Å². The predicted octanol–water partition coefficient (Wildman–Crippen LogP) is 1.98. The van der Waals surface area contributed by atoms with Gasteiger partial charge >= 0.3 is 0 Å². The van der Waals surface area contributed by atoms with Gasteiger partial charge in [0.15, 0.2) is 9.84 Å². The van der Waals surface area contributed by atoms with E-state index in [1.165, 1.54) is 17.1 Å². The molecule has 2 aromatic rings. The number of sulfone groups is 1. The molecule has 0 saturated heterocycles. The number of rotatable bonds is 3. The molecule has 5 nitrogen and oxygen atoms in total. The zero-order valence-electron chi connectivity index (χ0n) is 10.4. The Kier molecular flexibility index (Phi) is 3.66. The molecule has 1 aromatic heterocycles. The van der Waals surface area contributed by atoms with Crippen molar-refractivity contribution < 1.29 is 13.5 Å². The molecular formula is C12H13ClN2O3S. The Morgan fingerprint density at radius 3 is 2.58 bits per heavy atom. The first-order chi connectivity index (χ1) is 8.79. The topological polar surface area (TPSA) is 72.2 Å². The molecule has 1 unspecified atom stereocenters. The molecule has 0 spiro atoms. The number of hydrogen-bond donors (Lipinski definition) is 1. The number of aliphatic hydroxyl groups is 1. The molecule has 1 aromatic carbocycles. The molecule has 0 aliphatic heterocycles. The van der Waals surface area contributed by atoms with E-state index in [1.54, 1.807) is 25.1 Å². The third-order valence-corrected chi connectivity index (χ3v) is 4.06. The summed E-state index contributed by atoms with van der Waals surface area (Å²) >= 11 is 6.11. The Morgan fingerprint density at radius 1 is 1.42 bits per heavy atom. The third-order valence-electron chi connectivity index (χ3n) is 2.69. The first kappa shape index (κ1) is 14.0. The van der Waals surface area contributed by atoms with Gasteiger partial charge in [0.2, 0.25) is 0 Å². The molecule has 0 aliphatic carbocycles. The van der Waals surface area contributed by atoms with Gasteiger partial charge in [0.1, 0.15) is 4.90 Å². The van der Waals surface area contributed by atoms with Gasteiger partial charge in [-0.05, 0) is 24.6 Å². The smallest absolute Gasteiger partial charge is 0.178 e. The van der Waals surface area contributed by atoms with Crippen molar-refractivity contribution in [2.45, 2.75) is 17.9 Å². The van der Waals surface area contributed by atoms with E-state index in [4.69, 9.17) is 11.6 Å². The average Bonchev–Trinajstić information content (AvgIpc) is 2.77. The number of aromatic nitrogens is 2. The zero-order valence-corrected chi connectivity index (χ0v) is 12.0. The molecule has 0 aliphatic rings. The molecule has 102 valence electrons. The second kappa shape index (κ2) is 4.96. The Morgan fingerprint density at radius 2 is 2.11 bits per heavy atom. The fraction of sp³-hybridized carbons (Fsp3) is 0.250. The molecule has 1 N–H and O–H groups in total. The standard InChI is InChI=1S/C12H13ClN2O3S/c1-8(16)9-3-4-12(11(13)5-9)15-7-10(6-14-15)19(2,17)18/h3-8,16H,1-2H3. The Bertz CT molecular complexity index is 708. The van der Waals surface area contributed by atoms with Gasteiger partial charge in [-0.3, -0.25) is 0 Å². The number of hydrogen-bond acceptors (Lipinski definition) is 4. The van der Waals surface area contributed by atoms with Gasteiger partial charge in [0.05, 0.1) is 23.0 Å². The fourth-order valence-electron chi connectivity index (χ4n) is 1.60. The van der Waals surface area contributed by atoms with E-state index >= 15 is 0 Å². The molecule has 0 radical (unpaired) electrons. The van der Waals surface area contributed by atoms with Gasteiger partial charge in [-0.2, -0.15) is 5.10 Å². The van der Waals surface area contributed by atoms with Gasteiger partial charge in [-0.1, -0.05) is 17.7 Å². The second-order valence-corrected chi connectivity index (χ2v) is 6.70. The highest BCUT2D eigenvalue weighted by molar-refractivity contribution is 7.90. The molecule has 19 heavy (non-hydrogen) atoms. The highest BCUT2D eigenvalue weighted by Gasteiger charge is 2.13. The number of halogens is 1. The molecule has 0 amide bonds. The van der Waals surface area contributed by atoms with Crippen molar-refractivity contribution in [1.29, 1.82) is 0 Å². The van der Waals surface area contributed by atoms with E-state index in [1.807, 2.05) is 0 Å². The normalized spacial score (nSPS) is 13.5. The van der Waals surface area contributed by atoms with E-state index in [2.05, 4.69) is 5.10 Å². The van der Waals surface area contributed by atoms with Crippen molar-refractivity contribution in [2.75, 3.05) is 6.26 Å². The Hall–Kier alpha value is -1.37. The number of nitrogens with zero attached hydrogens (tertiary/aromatic N) is 2. The van der Waals surface area contributed by atoms with Gasteiger partial charge in [0, 0.05) is 12.5 Å². The van der Waals surface area contributed by atoms with Crippen LogP contribution >= 0.6 is 11.6 Å². The Balaban J connectivity index is 2.45. The summed E-state index contributed by atoms with van der Waals surface area (Å²) in [5.74, 6) is 0. The van der Waals surface area contributed by atoms with Crippen LogP contribution in [0.1, 0.15) is 18.6 Å². The number of benzene rings is 1. The zero-order chi connectivity index (χ0) is 14.2. The summed E-state index contributed by atoms with van der Waals surface area (Å²) < 4.78 is 24.2. The SMILES string of the molecule is CC(O)c1ccc(-n2cc(S(C)(=O)=O)cn2)c(Cl)c1. The van der Waals surface area contributed by atoms with Crippen LogP contribution in [0.2, 0.25) is 5.02 Å². The predicted molar refractivity (Wildman–Crippen MR) is 72.3 cm³/mol. The molecule has 0 fully saturated rings. The lowest BCUT2D eigenvalue weighted by atomic mass is 10.1. The maximum atomic E-state index is 11.4. The quantitative estimate of drug-likeness (QED) is 0.941. The molecule has 7 heteroatoms. The third kappa shape index (κ3) is 2.97. The van der Waals surface area contributed by atoms with Gasteiger partial charge in [-0.25, -0.2) is 13.1 Å². The summed E-state index contributed by atoms with van der Waals surface area (Å²) in [5.41, 5.74) is 1.24. The molecule has 2 rings (SSSR count). The number of aliphatic hydroxyl groups excluding tert-OH is 1. The lowest BCUT2D eigenvalue weighted by molar-refractivity contribution is 0.199. The minimum Gasteiger partial charge on any atom is -0.389 e. The second-order valence-electron chi connectivity index (χ2n) is 4.28. The van der Waals surface area contributed by atoms with Crippen LogP contribution in [-0.2, 0) is 9.84 Å². The largest absolute Gasteiger partial charge is 0.389 e. The van der Waals surface area contributed by atoms with Crippen molar-refractivity contribution >= 4 is 21.4 Å². The van der Waals surface area contributed by atoms with E-state index in [0.29, 0.717) is 16.3 Å². The molecule has 1 atom stereocenters. The van der Waals surface area contributed by atoms with Gasteiger partial charge in [-0.15, -0.1) is 0 Å². The lowest BCUT2D eigenvalue weighted by Crippen LogP contribution is -1.98. The summed E-state index contributed by atoms with van der Waals surface area (Å²) in [6.07, 6.45) is 3.18. The van der Waals surface area contributed by atoms with Crippen LogP contribution < -0.4 is 0 Å². The fourth-order valence-corrected chi connectivity index (χ4v) is 2.40. The van der Waals surface area contributed by atoms with Crippen LogP contribution in [-0.4, -0.2) is 29.6 Å². The van der Waals surface area contributed by atoms with Crippen molar-refractivity contribution in [3.8, 4) is 5.69 Å². The summed E-state index contributed by atoms with van der Waals surface area (Å²) in [5, 5.41) is 13.8. The first-order valence-electron chi connectivity index (χ1n) is 5.51. The van der Waals surface area contributed by atoms with E-state index < -0.39 is 15.9 Å². The van der Waals surface area contributed by atoms with E-state index in [9.17, 15) is 13.5 Å². The Labute approximate surface area is 116 Å². The molecular weight excluding hydrogens is 288 g/mol. The van der Waals surface area contributed by atoms with Crippen LogP contribution in [0.5, 0.6) is 0 Å². The maximum Gasteiger partial charge on any atom is 0.178 e. The van der Waals surface area contributed by atoms with Crippen molar-refractivity contribution in [1.82, 2.24) is 9.78 Å². The van der Waals surface area contributed by atoms with Crippen LogP contribution in [0.3, 0.4) is 0 Å². The van der Waals surface area contributed by atoms with Gasteiger partial charge < -0.3 is 5.11 Å². The molecule has 0 bridgehead atoms. The summed E-state index contributed by atoms with van der Waals surface area (Å²) in [6, 6.07) is 5.03. The average molecular weight is 301 g/mol. The lowest BCUT2D eigenvalue weighted by Gasteiger charge is -2.08. The molecule has 1 heterocycles. The van der Waals surface area contributed by atoms with E-state index in [-0.39, 0.29) is 4.90 Å². The summed E-state index contributed by atoms with van der Waals surface area (Å²) in [4.78, 5) is 0.128. The van der Waals surface area contributed by atoms with Crippen molar-refractivity contribution in [2.24, 2.45) is 0 Å². The first-order valence-corrected chi connectivity index (χ1v) is 7.78. The highest BCUT2D eigenvalue weighted by Crippen LogP contribution is 2.25. The van der Waals surface area contributed by atoms with E-state index in [0.717, 1.165) is 6.26 Å². The van der Waals surface area contributed by atoms with Gasteiger partial charge in [0.25, 0.3) is 0 Å². The van der Waals surface area contributed by atoms with Crippen LogP contribution in [0, 0.1) is 0 Å². The van der Waals surface area contributed by atoms with Crippen LogP contribution in [0.25, 0.3) is 5.69 Å². The maximum absolute atomic E-state index is 11.4. The van der Waals surface area contributed by atoms with Crippen LogP contribution in [0.15, 0.2) is 35.5 Å². The monoisotopic (exact) mass is 300 g/mol.